The molecule has 0 spiro atoms. The lowest BCUT2D eigenvalue weighted by Gasteiger charge is -2.15. The van der Waals surface area contributed by atoms with Gasteiger partial charge in [0, 0.05) is 10.6 Å². The Morgan fingerprint density at radius 3 is 2.35 bits per heavy atom. The highest BCUT2D eigenvalue weighted by molar-refractivity contribution is 6.30. The molecule has 2 rings (SSSR count). The number of aliphatic carboxylic acids is 1. The van der Waals surface area contributed by atoms with Crippen LogP contribution in [0.1, 0.15) is 22.0 Å². The van der Waals surface area contributed by atoms with Crippen LogP contribution in [-0.2, 0) is 4.79 Å². The van der Waals surface area contributed by atoms with Crippen LogP contribution in [0.3, 0.4) is 0 Å². The van der Waals surface area contributed by atoms with Crippen LogP contribution in [0.2, 0.25) is 5.02 Å². The summed E-state index contributed by atoms with van der Waals surface area (Å²) in [6.07, 6.45) is 0. The number of carbonyl (C=O) groups is 2. The van der Waals surface area contributed by atoms with Crippen molar-refractivity contribution in [3.8, 4) is 0 Å². The quantitative estimate of drug-likeness (QED) is 0.909. The number of amides is 1. The molecule has 5 heteroatoms. The van der Waals surface area contributed by atoms with E-state index in [1.807, 2.05) is 0 Å². The molecule has 0 bridgehead atoms. The first-order chi connectivity index (χ1) is 9.58. The smallest absolute Gasteiger partial charge is 0.330 e. The molecular formula is C15H12ClNO3. The Balaban J connectivity index is 2.21. The Labute approximate surface area is 121 Å². The number of hydrogen-bond donors (Lipinski definition) is 2. The highest BCUT2D eigenvalue weighted by Crippen LogP contribution is 2.15. The van der Waals surface area contributed by atoms with Gasteiger partial charge in [-0.3, -0.25) is 4.79 Å². The van der Waals surface area contributed by atoms with Gasteiger partial charge in [0.1, 0.15) is 0 Å². The van der Waals surface area contributed by atoms with E-state index >= 15 is 0 Å². The molecule has 0 aromatic heterocycles. The molecule has 1 amide bonds. The number of carboxylic acids is 1. The fourth-order valence-corrected chi connectivity index (χ4v) is 1.97. The molecule has 0 fully saturated rings. The van der Waals surface area contributed by atoms with Crippen LogP contribution in [0, 0.1) is 0 Å². The second kappa shape index (κ2) is 6.21. The Hall–Kier alpha value is -2.33. The van der Waals surface area contributed by atoms with Gasteiger partial charge in [0.05, 0.1) is 0 Å². The molecule has 102 valence electrons. The lowest BCUT2D eigenvalue weighted by atomic mass is 10.1. The third-order valence-electron chi connectivity index (χ3n) is 2.74. The van der Waals surface area contributed by atoms with E-state index in [9.17, 15) is 14.7 Å². The molecule has 0 aliphatic carbocycles. The molecule has 4 nitrogen and oxygen atoms in total. The standard InChI is InChI=1S/C15H12ClNO3/c16-12-8-4-7-11(9-12)14(18)17-13(15(19)20)10-5-2-1-3-6-10/h1-9,13H,(H,17,18)(H,19,20)/t13-/m0/s1. The number of halogens is 1. The zero-order valence-corrected chi connectivity index (χ0v) is 11.2. The second-order valence-corrected chi connectivity index (χ2v) is 4.60. The summed E-state index contributed by atoms with van der Waals surface area (Å²) in [5.41, 5.74) is 0.829. The van der Waals surface area contributed by atoms with Crippen molar-refractivity contribution in [1.82, 2.24) is 5.32 Å². The fourth-order valence-electron chi connectivity index (χ4n) is 1.78. The van der Waals surface area contributed by atoms with Crippen LogP contribution in [0.4, 0.5) is 0 Å². The highest BCUT2D eigenvalue weighted by Gasteiger charge is 2.22. The highest BCUT2D eigenvalue weighted by atomic mass is 35.5. The van der Waals surface area contributed by atoms with Gasteiger partial charge in [0.25, 0.3) is 5.91 Å². The van der Waals surface area contributed by atoms with Gasteiger partial charge in [0.15, 0.2) is 6.04 Å². The third kappa shape index (κ3) is 3.36. The van der Waals surface area contributed by atoms with Gasteiger partial charge in [0.2, 0.25) is 0 Å². The minimum atomic E-state index is -1.12. The molecule has 1 atom stereocenters. The van der Waals surface area contributed by atoms with Crippen molar-refractivity contribution < 1.29 is 14.7 Å². The van der Waals surface area contributed by atoms with E-state index < -0.39 is 17.9 Å². The van der Waals surface area contributed by atoms with Crippen LogP contribution in [0.5, 0.6) is 0 Å². The van der Waals surface area contributed by atoms with E-state index in [1.165, 1.54) is 6.07 Å². The molecule has 20 heavy (non-hydrogen) atoms. The number of rotatable bonds is 4. The first-order valence-corrected chi connectivity index (χ1v) is 6.30. The second-order valence-electron chi connectivity index (χ2n) is 4.17. The van der Waals surface area contributed by atoms with Crippen molar-refractivity contribution in [2.75, 3.05) is 0 Å². The average Bonchev–Trinajstić information content (AvgIpc) is 2.45. The SMILES string of the molecule is O=C(N[C@H](C(=O)O)c1ccccc1)c1cccc(Cl)c1. The normalized spacial score (nSPS) is 11.7. The Morgan fingerprint density at radius 2 is 1.75 bits per heavy atom. The molecular weight excluding hydrogens is 278 g/mol. The first kappa shape index (κ1) is 14.1. The molecule has 0 saturated carbocycles. The van der Waals surface area contributed by atoms with Crippen molar-refractivity contribution in [2.45, 2.75) is 6.04 Å². The first-order valence-electron chi connectivity index (χ1n) is 5.92. The number of benzene rings is 2. The van der Waals surface area contributed by atoms with Crippen molar-refractivity contribution in [2.24, 2.45) is 0 Å². The average molecular weight is 290 g/mol. The minimum absolute atomic E-state index is 0.319. The Morgan fingerprint density at radius 1 is 1.05 bits per heavy atom. The lowest BCUT2D eigenvalue weighted by Crippen LogP contribution is -2.33. The van der Waals surface area contributed by atoms with Gasteiger partial charge in [-0.2, -0.15) is 0 Å². The van der Waals surface area contributed by atoms with E-state index in [4.69, 9.17) is 11.6 Å². The topological polar surface area (TPSA) is 66.4 Å². The molecule has 2 aromatic rings. The summed E-state index contributed by atoms with van der Waals surface area (Å²) in [6.45, 7) is 0. The summed E-state index contributed by atoms with van der Waals surface area (Å²) in [5.74, 6) is -1.60. The minimum Gasteiger partial charge on any atom is -0.479 e. The summed E-state index contributed by atoms with van der Waals surface area (Å²) in [6, 6.07) is 13.8. The molecule has 0 saturated heterocycles. The van der Waals surface area contributed by atoms with Gasteiger partial charge in [-0.25, -0.2) is 4.79 Å². The van der Waals surface area contributed by atoms with Crippen LogP contribution in [0.15, 0.2) is 54.6 Å². The van der Waals surface area contributed by atoms with Gasteiger partial charge in [-0.15, -0.1) is 0 Å². The van der Waals surface area contributed by atoms with Crippen molar-refractivity contribution in [3.05, 3.63) is 70.7 Å². The number of hydrogen-bond acceptors (Lipinski definition) is 2. The largest absolute Gasteiger partial charge is 0.479 e. The predicted octanol–water partition coefficient (Wildman–Crippen LogP) is 2.90. The fraction of sp³-hybridized carbons (Fsp3) is 0.0667. The summed E-state index contributed by atoms with van der Waals surface area (Å²) >= 11 is 5.81. The number of carbonyl (C=O) groups excluding carboxylic acids is 1. The molecule has 2 N–H and O–H groups in total. The third-order valence-corrected chi connectivity index (χ3v) is 2.98. The van der Waals surface area contributed by atoms with E-state index in [1.54, 1.807) is 48.5 Å². The summed E-state index contributed by atoms with van der Waals surface area (Å²) in [5, 5.41) is 12.1. The van der Waals surface area contributed by atoms with Crippen LogP contribution < -0.4 is 5.32 Å². The van der Waals surface area contributed by atoms with E-state index in [0.717, 1.165) is 0 Å². The van der Waals surface area contributed by atoms with E-state index in [2.05, 4.69) is 5.32 Å². The van der Waals surface area contributed by atoms with E-state index in [0.29, 0.717) is 16.1 Å². The lowest BCUT2D eigenvalue weighted by molar-refractivity contribution is -0.139. The van der Waals surface area contributed by atoms with Gasteiger partial charge >= 0.3 is 5.97 Å². The maximum Gasteiger partial charge on any atom is 0.330 e. The molecule has 2 aromatic carbocycles. The van der Waals surface area contributed by atoms with Gasteiger partial charge < -0.3 is 10.4 Å². The monoisotopic (exact) mass is 289 g/mol. The van der Waals surface area contributed by atoms with Gasteiger partial charge in [-0.05, 0) is 23.8 Å². The van der Waals surface area contributed by atoms with E-state index in [-0.39, 0.29) is 0 Å². The van der Waals surface area contributed by atoms with Crippen LogP contribution in [-0.4, -0.2) is 17.0 Å². The van der Waals surface area contributed by atoms with Crippen LogP contribution >= 0.6 is 11.6 Å². The molecule has 0 radical (unpaired) electrons. The Bertz CT molecular complexity index is 628. The van der Waals surface area contributed by atoms with Crippen LogP contribution in [0.25, 0.3) is 0 Å². The zero-order valence-electron chi connectivity index (χ0n) is 10.4. The van der Waals surface area contributed by atoms with Crippen molar-refractivity contribution in [3.63, 3.8) is 0 Å². The maximum atomic E-state index is 12.1. The number of nitrogens with one attached hydrogen (secondary N) is 1. The van der Waals surface area contributed by atoms with Crippen molar-refractivity contribution in [1.29, 1.82) is 0 Å². The summed E-state index contributed by atoms with van der Waals surface area (Å²) in [7, 11) is 0. The summed E-state index contributed by atoms with van der Waals surface area (Å²) in [4.78, 5) is 23.3. The maximum absolute atomic E-state index is 12.1. The molecule has 0 aliphatic rings. The summed E-state index contributed by atoms with van der Waals surface area (Å²) < 4.78 is 0. The predicted molar refractivity (Wildman–Crippen MR) is 75.7 cm³/mol. The Kier molecular flexibility index (Phi) is 4.38. The molecule has 0 heterocycles. The van der Waals surface area contributed by atoms with Crippen molar-refractivity contribution >= 4 is 23.5 Å². The molecule has 0 aliphatic heterocycles. The van der Waals surface area contributed by atoms with Gasteiger partial charge in [-0.1, -0.05) is 48.0 Å². The number of carboxylic acid groups (broad SMARTS) is 1. The molecule has 0 unspecified atom stereocenters. The zero-order chi connectivity index (χ0) is 14.5.